The van der Waals surface area contributed by atoms with Gasteiger partial charge in [0.15, 0.2) is 0 Å². The van der Waals surface area contributed by atoms with E-state index < -0.39 is 0 Å². The molecule has 1 unspecified atom stereocenters. The second kappa shape index (κ2) is 6.66. The Morgan fingerprint density at radius 3 is 2.80 bits per heavy atom. The van der Waals surface area contributed by atoms with Gasteiger partial charge in [-0.25, -0.2) is 4.98 Å². The molecular formula is C18H17ClN6. The lowest BCUT2D eigenvalue weighted by Crippen LogP contribution is -2.22. The summed E-state index contributed by atoms with van der Waals surface area (Å²) < 4.78 is 3.73. The summed E-state index contributed by atoms with van der Waals surface area (Å²) in [6.45, 7) is 0.619. The number of halogens is 1. The molecule has 0 aromatic carbocycles. The van der Waals surface area contributed by atoms with Gasteiger partial charge in [0.25, 0.3) is 0 Å². The normalized spacial score (nSPS) is 12.6. The van der Waals surface area contributed by atoms with Crippen LogP contribution in [-0.4, -0.2) is 24.1 Å². The molecule has 0 spiro atoms. The molecule has 1 N–H and O–H groups in total. The number of hydrogen-bond acceptors (Lipinski definition) is 4. The first-order valence-corrected chi connectivity index (χ1v) is 8.32. The Labute approximate surface area is 150 Å². The van der Waals surface area contributed by atoms with Crippen molar-refractivity contribution < 1.29 is 0 Å². The van der Waals surface area contributed by atoms with Crippen LogP contribution in [0, 0.1) is 0 Å². The molecule has 4 aromatic heterocycles. The van der Waals surface area contributed by atoms with Gasteiger partial charge in [0.1, 0.15) is 5.65 Å². The Morgan fingerprint density at radius 1 is 1.12 bits per heavy atom. The molecule has 25 heavy (non-hydrogen) atoms. The highest BCUT2D eigenvalue weighted by Crippen LogP contribution is 2.21. The van der Waals surface area contributed by atoms with Gasteiger partial charge in [0.05, 0.1) is 23.0 Å². The minimum Gasteiger partial charge on any atom is -0.305 e. The van der Waals surface area contributed by atoms with Crippen LogP contribution < -0.4 is 5.32 Å². The summed E-state index contributed by atoms with van der Waals surface area (Å²) in [7, 11) is 1.91. The molecule has 0 saturated heterocycles. The van der Waals surface area contributed by atoms with E-state index in [2.05, 4.69) is 26.4 Å². The first-order chi connectivity index (χ1) is 12.2. The SMILES string of the molecule is Cn1cc(C(NCc2cn3cc(Cl)ccc3n2)c2cccnc2)cn1. The number of imidazole rings is 1. The van der Waals surface area contributed by atoms with E-state index in [4.69, 9.17) is 11.6 Å². The molecular weight excluding hydrogens is 336 g/mol. The number of aromatic nitrogens is 5. The van der Waals surface area contributed by atoms with E-state index in [1.807, 2.05) is 60.6 Å². The van der Waals surface area contributed by atoms with Crippen molar-refractivity contribution in [2.75, 3.05) is 0 Å². The van der Waals surface area contributed by atoms with Crippen molar-refractivity contribution in [2.45, 2.75) is 12.6 Å². The van der Waals surface area contributed by atoms with Crippen LogP contribution in [0.2, 0.25) is 5.02 Å². The van der Waals surface area contributed by atoms with Crippen molar-refractivity contribution in [3.63, 3.8) is 0 Å². The van der Waals surface area contributed by atoms with E-state index >= 15 is 0 Å². The highest BCUT2D eigenvalue weighted by molar-refractivity contribution is 6.30. The lowest BCUT2D eigenvalue weighted by molar-refractivity contribution is 0.596. The third-order valence-electron chi connectivity index (χ3n) is 4.03. The molecule has 6 nitrogen and oxygen atoms in total. The fourth-order valence-electron chi connectivity index (χ4n) is 2.87. The summed E-state index contributed by atoms with van der Waals surface area (Å²) in [6, 6.07) is 7.74. The lowest BCUT2D eigenvalue weighted by atomic mass is 10.0. The first kappa shape index (κ1) is 15.8. The number of rotatable bonds is 5. The Balaban J connectivity index is 1.59. The van der Waals surface area contributed by atoms with Crippen molar-refractivity contribution in [2.24, 2.45) is 7.05 Å². The summed E-state index contributed by atoms with van der Waals surface area (Å²) in [4.78, 5) is 8.86. The van der Waals surface area contributed by atoms with Crippen molar-refractivity contribution in [3.8, 4) is 0 Å². The van der Waals surface area contributed by atoms with Crippen molar-refractivity contribution in [3.05, 3.63) is 83.3 Å². The zero-order chi connectivity index (χ0) is 17.2. The van der Waals surface area contributed by atoms with Gasteiger partial charge in [-0.2, -0.15) is 5.10 Å². The van der Waals surface area contributed by atoms with Crippen LogP contribution in [0.4, 0.5) is 0 Å². The Kier molecular flexibility index (Phi) is 4.21. The summed E-state index contributed by atoms with van der Waals surface area (Å²) in [6.07, 6.45) is 11.4. The molecule has 0 radical (unpaired) electrons. The maximum absolute atomic E-state index is 6.04. The summed E-state index contributed by atoms with van der Waals surface area (Å²) >= 11 is 6.04. The number of aryl methyl sites for hydroxylation is 1. The molecule has 0 aliphatic heterocycles. The van der Waals surface area contributed by atoms with Gasteiger partial charge in [-0.3, -0.25) is 9.67 Å². The molecule has 0 bridgehead atoms. The van der Waals surface area contributed by atoms with E-state index in [1.54, 1.807) is 10.9 Å². The molecule has 0 aliphatic rings. The predicted octanol–water partition coefficient (Wildman–Crippen LogP) is 3.00. The third-order valence-corrected chi connectivity index (χ3v) is 4.25. The standard InChI is InChI=1S/C18H17ClN6/c1-24-10-14(8-22-24)18(13-3-2-6-20-7-13)21-9-16-12-25-11-15(19)4-5-17(25)23-16/h2-8,10-12,18,21H,9H2,1H3. The Hall–Kier alpha value is -2.70. The molecule has 1 atom stereocenters. The second-order valence-electron chi connectivity index (χ2n) is 5.89. The third kappa shape index (κ3) is 3.40. The molecule has 4 aromatic rings. The molecule has 126 valence electrons. The van der Waals surface area contributed by atoms with Crippen molar-refractivity contribution >= 4 is 17.2 Å². The molecule has 0 fully saturated rings. The van der Waals surface area contributed by atoms with Gasteiger partial charge in [-0.15, -0.1) is 0 Å². The fourth-order valence-corrected chi connectivity index (χ4v) is 3.04. The van der Waals surface area contributed by atoms with Crippen LogP contribution in [0.25, 0.3) is 5.65 Å². The predicted molar refractivity (Wildman–Crippen MR) is 96.3 cm³/mol. The van der Waals surface area contributed by atoms with E-state index in [-0.39, 0.29) is 6.04 Å². The fraction of sp³-hybridized carbons (Fsp3) is 0.167. The average molecular weight is 353 g/mol. The van der Waals surface area contributed by atoms with Gasteiger partial charge in [0, 0.05) is 50.1 Å². The first-order valence-electron chi connectivity index (χ1n) is 7.94. The summed E-state index contributed by atoms with van der Waals surface area (Å²) in [5, 5.41) is 8.53. The van der Waals surface area contributed by atoms with Crippen LogP contribution in [0.15, 0.2) is 61.4 Å². The Morgan fingerprint density at radius 2 is 2.04 bits per heavy atom. The quantitative estimate of drug-likeness (QED) is 0.600. The average Bonchev–Trinajstić information content (AvgIpc) is 3.22. The van der Waals surface area contributed by atoms with Gasteiger partial charge in [-0.1, -0.05) is 17.7 Å². The highest BCUT2D eigenvalue weighted by Gasteiger charge is 2.16. The van der Waals surface area contributed by atoms with Gasteiger partial charge < -0.3 is 9.72 Å². The van der Waals surface area contributed by atoms with Crippen molar-refractivity contribution in [1.29, 1.82) is 0 Å². The summed E-state index contributed by atoms with van der Waals surface area (Å²) in [5.41, 5.74) is 3.99. The largest absolute Gasteiger partial charge is 0.305 e. The highest BCUT2D eigenvalue weighted by atomic mass is 35.5. The molecule has 0 saturated carbocycles. The summed E-state index contributed by atoms with van der Waals surface area (Å²) in [5.74, 6) is 0. The van der Waals surface area contributed by atoms with Crippen LogP contribution in [-0.2, 0) is 13.6 Å². The van der Waals surface area contributed by atoms with E-state index in [1.165, 1.54) is 0 Å². The van der Waals surface area contributed by atoms with Crippen LogP contribution in [0.3, 0.4) is 0 Å². The monoisotopic (exact) mass is 352 g/mol. The van der Waals surface area contributed by atoms with Crippen molar-refractivity contribution in [1.82, 2.24) is 29.5 Å². The van der Waals surface area contributed by atoms with E-state index in [9.17, 15) is 0 Å². The molecule has 4 rings (SSSR count). The minimum absolute atomic E-state index is 0.00389. The second-order valence-corrected chi connectivity index (χ2v) is 6.33. The number of pyridine rings is 2. The smallest absolute Gasteiger partial charge is 0.137 e. The number of hydrogen-bond donors (Lipinski definition) is 1. The minimum atomic E-state index is -0.00389. The van der Waals surface area contributed by atoms with Crippen LogP contribution >= 0.6 is 11.6 Å². The van der Waals surface area contributed by atoms with Gasteiger partial charge >= 0.3 is 0 Å². The maximum atomic E-state index is 6.04. The molecule has 4 heterocycles. The topological polar surface area (TPSA) is 60.0 Å². The lowest BCUT2D eigenvalue weighted by Gasteiger charge is -2.16. The van der Waals surface area contributed by atoms with Gasteiger partial charge in [0.2, 0.25) is 0 Å². The van der Waals surface area contributed by atoms with E-state index in [0.717, 1.165) is 22.5 Å². The van der Waals surface area contributed by atoms with Gasteiger partial charge in [-0.05, 0) is 23.8 Å². The van der Waals surface area contributed by atoms with E-state index in [0.29, 0.717) is 11.6 Å². The molecule has 0 amide bonds. The zero-order valence-electron chi connectivity index (χ0n) is 13.7. The number of fused-ring (bicyclic) bond motifs is 1. The maximum Gasteiger partial charge on any atom is 0.137 e. The Bertz CT molecular complexity index is 991. The number of nitrogens with zero attached hydrogens (tertiary/aromatic N) is 5. The van der Waals surface area contributed by atoms with Crippen LogP contribution in [0.5, 0.6) is 0 Å². The number of nitrogens with one attached hydrogen (secondary N) is 1. The van der Waals surface area contributed by atoms with Crippen LogP contribution in [0.1, 0.15) is 22.9 Å². The molecule has 0 aliphatic carbocycles. The zero-order valence-corrected chi connectivity index (χ0v) is 14.4. The molecule has 7 heteroatoms.